The summed E-state index contributed by atoms with van der Waals surface area (Å²) in [5.74, 6) is 2.57. The molecule has 0 unspecified atom stereocenters. The molecule has 4 N–H and O–H groups in total. The highest BCUT2D eigenvalue weighted by Gasteiger charge is 2.27. The predicted molar refractivity (Wildman–Crippen MR) is 64.8 cm³/mol. The van der Waals surface area contributed by atoms with Gasteiger partial charge in [-0.3, -0.25) is 0 Å². The van der Waals surface area contributed by atoms with E-state index in [1.54, 1.807) is 6.07 Å². The molecule has 94 valence electrons. The summed E-state index contributed by atoms with van der Waals surface area (Å²) in [5, 5.41) is 11.7. The Morgan fingerprint density at radius 3 is 2.94 bits per heavy atom. The minimum Gasteiger partial charge on any atom is -0.394 e. The van der Waals surface area contributed by atoms with Gasteiger partial charge in [0.1, 0.15) is 17.5 Å². The van der Waals surface area contributed by atoms with Gasteiger partial charge in [-0.2, -0.15) is 0 Å². The predicted octanol–water partition coefficient (Wildman–Crippen LogP) is 0.357. The van der Waals surface area contributed by atoms with Crippen molar-refractivity contribution in [1.82, 2.24) is 9.97 Å². The number of nitrogens with zero attached hydrogens (tertiary/aromatic N) is 2. The minimum atomic E-state index is 0.0479. The molecule has 0 aliphatic heterocycles. The molecule has 1 saturated carbocycles. The molecule has 2 rings (SSSR count). The summed E-state index contributed by atoms with van der Waals surface area (Å²) in [4.78, 5) is 8.62. The summed E-state index contributed by atoms with van der Waals surface area (Å²) in [6.45, 7) is 1.58. The van der Waals surface area contributed by atoms with Crippen LogP contribution in [0, 0.1) is 0 Å². The van der Waals surface area contributed by atoms with E-state index in [4.69, 9.17) is 15.6 Å². The van der Waals surface area contributed by atoms with Crippen LogP contribution in [0.1, 0.15) is 24.6 Å². The Hall–Kier alpha value is -1.40. The molecule has 1 aromatic heterocycles. The first-order valence-corrected chi connectivity index (χ1v) is 5.86. The van der Waals surface area contributed by atoms with E-state index in [0.717, 1.165) is 24.5 Å². The van der Waals surface area contributed by atoms with Crippen molar-refractivity contribution in [3.63, 3.8) is 0 Å². The minimum absolute atomic E-state index is 0.0479. The first kappa shape index (κ1) is 12.1. The summed E-state index contributed by atoms with van der Waals surface area (Å²) >= 11 is 0. The van der Waals surface area contributed by atoms with Gasteiger partial charge in [-0.25, -0.2) is 9.97 Å². The first-order valence-electron chi connectivity index (χ1n) is 5.86. The number of nitrogens with two attached hydrogens (primary N) is 1. The fourth-order valence-electron chi connectivity index (χ4n) is 1.52. The number of hydrogen-bond acceptors (Lipinski definition) is 6. The van der Waals surface area contributed by atoms with Crippen LogP contribution in [0.4, 0.5) is 11.6 Å². The summed E-state index contributed by atoms with van der Waals surface area (Å²) in [6.07, 6.45) is 2.31. The van der Waals surface area contributed by atoms with E-state index in [0.29, 0.717) is 31.5 Å². The number of aliphatic hydroxyl groups is 1. The van der Waals surface area contributed by atoms with Crippen LogP contribution in [0.15, 0.2) is 6.07 Å². The van der Waals surface area contributed by atoms with Crippen molar-refractivity contribution >= 4 is 11.6 Å². The molecule has 1 aliphatic carbocycles. The monoisotopic (exact) mass is 238 g/mol. The molecule has 6 heteroatoms. The van der Waals surface area contributed by atoms with E-state index < -0.39 is 0 Å². The van der Waals surface area contributed by atoms with Crippen molar-refractivity contribution in [3.05, 3.63) is 11.9 Å². The van der Waals surface area contributed by atoms with E-state index in [2.05, 4.69) is 15.3 Å². The number of nitrogen functional groups attached to an aromatic ring is 1. The van der Waals surface area contributed by atoms with Crippen LogP contribution in [0.3, 0.4) is 0 Å². The molecular formula is C11H18N4O2. The van der Waals surface area contributed by atoms with Crippen LogP contribution in [0.25, 0.3) is 0 Å². The summed E-state index contributed by atoms with van der Waals surface area (Å²) < 4.78 is 5.14. The van der Waals surface area contributed by atoms with Gasteiger partial charge in [-0.1, -0.05) is 0 Å². The van der Waals surface area contributed by atoms with Crippen LogP contribution in [-0.4, -0.2) is 41.4 Å². The van der Waals surface area contributed by atoms with Crippen LogP contribution < -0.4 is 11.1 Å². The second kappa shape index (κ2) is 5.79. The Bertz CT molecular complexity index is 368. The van der Waals surface area contributed by atoms with Gasteiger partial charge in [0.2, 0.25) is 0 Å². The lowest BCUT2D eigenvalue weighted by Crippen LogP contribution is -2.13. The van der Waals surface area contributed by atoms with Crippen LogP contribution >= 0.6 is 0 Å². The molecule has 17 heavy (non-hydrogen) atoms. The lowest BCUT2D eigenvalue weighted by Gasteiger charge is -2.08. The topological polar surface area (TPSA) is 93.3 Å². The fourth-order valence-corrected chi connectivity index (χ4v) is 1.52. The van der Waals surface area contributed by atoms with Crippen LogP contribution in [0.2, 0.25) is 0 Å². The van der Waals surface area contributed by atoms with E-state index in [1.807, 2.05) is 0 Å². The Labute approximate surface area is 100 Å². The molecule has 1 fully saturated rings. The molecular weight excluding hydrogens is 220 g/mol. The average molecular weight is 238 g/mol. The van der Waals surface area contributed by atoms with Gasteiger partial charge in [0.25, 0.3) is 0 Å². The number of ether oxygens (including phenoxy) is 1. The molecule has 0 radical (unpaired) electrons. The fraction of sp³-hybridized carbons (Fsp3) is 0.636. The van der Waals surface area contributed by atoms with Gasteiger partial charge >= 0.3 is 0 Å². The molecule has 1 aromatic rings. The molecule has 0 amide bonds. The second-order valence-electron chi connectivity index (χ2n) is 4.07. The smallest absolute Gasteiger partial charge is 0.136 e. The molecule has 6 nitrogen and oxygen atoms in total. The zero-order valence-electron chi connectivity index (χ0n) is 9.72. The molecule has 1 heterocycles. The Balaban J connectivity index is 1.82. The zero-order valence-corrected chi connectivity index (χ0v) is 9.72. The van der Waals surface area contributed by atoms with Crippen molar-refractivity contribution in [1.29, 1.82) is 0 Å². The lowest BCUT2D eigenvalue weighted by atomic mass is 10.4. The first-order chi connectivity index (χ1) is 8.29. The number of aromatic nitrogens is 2. The third-order valence-electron chi connectivity index (χ3n) is 2.49. The highest BCUT2D eigenvalue weighted by molar-refractivity contribution is 5.45. The van der Waals surface area contributed by atoms with Crippen molar-refractivity contribution in [2.24, 2.45) is 0 Å². The van der Waals surface area contributed by atoms with Crippen molar-refractivity contribution in [3.8, 4) is 0 Å². The third kappa shape index (κ3) is 3.83. The quantitative estimate of drug-likeness (QED) is 0.594. The van der Waals surface area contributed by atoms with Crippen LogP contribution in [0.5, 0.6) is 0 Å². The van der Waals surface area contributed by atoms with E-state index in [-0.39, 0.29) is 6.61 Å². The van der Waals surface area contributed by atoms with Crippen molar-refractivity contribution < 1.29 is 9.84 Å². The summed E-state index contributed by atoms with van der Waals surface area (Å²) in [6, 6.07) is 1.72. The molecule has 0 aromatic carbocycles. The van der Waals surface area contributed by atoms with Crippen molar-refractivity contribution in [2.45, 2.75) is 18.8 Å². The van der Waals surface area contributed by atoms with Gasteiger partial charge in [-0.05, 0) is 12.8 Å². The highest BCUT2D eigenvalue weighted by atomic mass is 16.5. The Morgan fingerprint density at radius 1 is 1.41 bits per heavy atom. The molecule has 0 saturated heterocycles. The molecule has 0 spiro atoms. The van der Waals surface area contributed by atoms with E-state index >= 15 is 0 Å². The van der Waals surface area contributed by atoms with Gasteiger partial charge in [0.15, 0.2) is 0 Å². The SMILES string of the molecule is Nc1cc(NCCOCCO)nc(C2CC2)n1. The second-order valence-corrected chi connectivity index (χ2v) is 4.07. The van der Waals surface area contributed by atoms with Crippen molar-refractivity contribution in [2.75, 3.05) is 37.4 Å². The summed E-state index contributed by atoms with van der Waals surface area (Å²) in [5.41, 5.74) is 5.72. The maximum absolute atomic E-state index is 8.54. The van der Waals surface area contributed by atoms with Gasteiger partial charge < -0.3 is 20.9 Å². The van der Waals surface area contributed by atoms with Gasteiger partial charge in [0.05, 0.1) is 19.8 Å². The Morgan fingerprint density at radius 2 is 2.24 bits per heavy atom. The number of aliphatic hydroxyl groups excluding tert-OH is 1. The zero-order chi connectivity index (χ0) is 12.1. The number of anilines is 2. The molecule has 0 atom stereocenters. The van der Waals surface area contributed by atoms with E-state index in [9.17, 15) is 0 Å². The average Bonchev–Trinajstić information content (AvgIpc) is 3.12. The molecule has 0 bridgehead atoms. The number of nitrogens with one attached hydrogen (secondary N) is 1. The number of hydrogen-bond donors (Lipinski definition) is 3. The maximum Gasteiger partial charge on any atom is 0.136 e. The standard InChI is InChI=1S/C11H18N4O2/c12-9-7-10(13-3-5-17-6-4-16)15-11(14-9)8-1-2-8/h7-8,16H,1-6H2,(H3,12,13,14,15). The number of rotatable bonds is 7. The van der Waals surface area contributed by atoms with E-state index in [1.165, 1.54) is 0 Å². The third-order valence-corrected chi connectivity index (χ3v) is 2.49. The Kier molecular flexibility index (Phi) is 4.11. The van der Waals surface area contributed by atoms with Crippen LogP contribution in [-0.2, 0) is 4.74 Å². The van der Waals surface area contributed by atoms with Gasteiger partial charge in [0, 0.05) is 18.5 Å². The maximum atomic E-state index is 8.54. The van der Waals surface area contributed by atoms with Gasteiger partial charge in [-0.15, -0.1) is 0 Å². The molecule has 1 aliphatic rings. The lowest BCUT2D eigenvalue weighted by molar-refractivity contribution is 0.0992. The highest BCUT2D eigenvalue weighted by Crippen LogP contribution is 2.38. The largest absolute Gasteiger partial charge is 0.394 e. The normalized spacial score (nSPS) is 14.9. The summed E-state index contributed by atoms with van der Waals surface area (Å²) in [7, 11) is 0.